The quantitative estimate of drug-likeness (QED) is 0.663. The number of hydrogen-bond acceptors (Lipinski definition) is 6. The number of hydrogen-bond donors (Lipinski definition) is 3. The summed E-state index contributed by atoms with van der Waals surface area (Å²) in [7, 11) is 1.73. The third kappa shape index (κ3) is 5.73. The predicted molar refractivity (Wildman–Crippen MR) is 110 cm³/mol. The minimum Gasteiger partial charge on any atom is -0.357 e. The number of anilines is 1. The van der Waals surface area contributed by atoms with E-state index >= 15 is 0 Å². The second-order valence-electron chi connectivity index (χ2n) is 7.47. The van der Waals surface area contributed by atoms with E-state index in [0.717, 1.165) is 31.4 Å². The highest BCUT2D eigenvalue weighted by molar-refractivity contribution is 5.93. The lowest BCUT2D eigenvalue weighted by Crippen LogP contribution is -2.36. The lowest BCUT2D eigenvalue weighted by Gasteiger charge is -2.34. The first-order valence-electron chi connectivity index (χ1n) is 10.0. The number of pyridine rings is 1. The second kappa shape index (κ2) is 9.95. The molecular formula is C21H28N6O2. The Morgan fingerprint density at radius 1 is 1.10 bits per heavy atom. The molecule has 0 spiro atoms. The van der Waals surface area contributed by atoms with Gasteiger partial charge in [-0.1, -0.05) is 6.07 Å². The molecule has 8 nitrogen and oxygen atoms in total. The molecule has 29 heavy (non-hydrogen) atoms. The molecule has 0 radical (unpaired) electrons. The predicted octanol–water partition coefficient (Wildman–Crippen LogP) is 2.33. The van der Waals surface area contributed by atoms with Crippen molar-refractivity contribution in [2.75, 3.05) is 18.9 Å². The first kappa shape index (κ1) is 20.7. The summed E-state index contributed by atoms with van der Waals surface area (Å²) >= 11 is 0. The Labute approximate surface area is 170 Å². The third-order valence-corrected chi connectivity index (χ3v) is 5.42. The van der Waals surface area contributed by atoms with E-state index in [9.17, 15) is 9.59 Å². The van der Waals surface area contributed by atoms with Crippen molar-refractivity contribution in [2.45, 2.75) is 38.6 Å². The van der Waals surface area contributed by atoms with Crippen LogP contribution >= 0.6 is 0 Å². The van der Waals surface area contributed by atoms with E-state index in [1.807, 2.05) is 18.2 Å². The Morgan fingerprint density at radius 3 is 2.41 bits per heavy atom. The first-order chi connectivity index (χ1) is 14.1. The molecule has 0 bridgehead atoms. The van der Waals surface area contributed by atoms with Crippen LogP contribution in [-0.2, 0) is 4.79 Å². The van der Waals surface area contributed by atoms with Gasteiger partial charge in [-0.2, -0.15) is 0 Å². The summed E-state index contributed by atoms with van der Waals surface area (Å²) < 4.78 is 0. The Morgan fingerprint density at radius 2 is 1.83 bits per heavy atom. The Kier molecular flexibility index (Phi) is 7.10. The zero-order valence-corrected chi connectivity index (χ0v) is 16.9. The first-order valence-corrected chi connectivity index (χ1v) is 10.0. The van der Waals surface area contributed by atoms with Gasteiger partial charge in [-0.3, -0.25) is 14.6 Å². The van der Waals surface area contributed by atoms with Crippen LogP contribution in [0, 0.1) is 11.8 Å². The van der Waals surface area contributed by atoms with E-state index in [0.29, 0.717) is 29.9 Å². The van der Waals surface area contributed by atoms with Crippen molar-refractivity contribution in [1.29, 1.82) is 0 Å². The highest BCUT2D eigenvalue weighted by atomic mass is 16.2. The largest absolute Gasteiger partial charge is 0.357 e. The lowest BCUT2D eigenvalue weighted by atomic mass is 9.77. The lowest BCUT2D eigenvalue weighted by molar-refractivity contribution is -0.120. The molecule has 2 aromatic heterocycles. The van der Waals surface area contributed by atoms with Crippen LogP contribution < -0.4 is 16.0 Å². The van der Waals surface area contributed by atoms with E-state index in [-0.39, 0.29) is 17.9 Å². The van der Waals surface area contributed by atoms with Crippen molar-refractivity contribution in [1.82, 2.24) is 25.6 Å². The maximum Gasteiger partial charge on any atom is 0.254 e. The van der Waals surface area contributed by atoms with Crippen LogP contribution in [0.1, 0.15) is 54.7 Å². The van der Waals surface area contributed by atoms with Gasteiger partial charge < -0.3 is 16.0 Å². The summed E-state index contributed by atoms with van der Waals surface area (Å²) in [6, 6.07) is 5.73. The Balaban J connectivity index is 1.51. The molecule has 8 heteroatoms. The summed E-state index contributed by atoms with van der Waals surface area (Å²) in [5, 5.41) is 8.89. The van der Waals surface area contributed by atoms with Crippen molar-refractivity contribution < 1.29 is 9.59 Å². The smallest absolute Gasteiger partial charge is 0.254 e. The van der Waals surface area contributed by atoms with Crippen LogP contribution in [-0.4, -0.2) is 40.4 Å². The van der Waals surface area contributed by atoms with E-state index in [4.69, 9.17) is 0 Å². The molecule has 1 aliphatic carbocycles. The van der Waals surface area contributed by atoms with E-state index in [2.05, 4.69) is 30.9 Å². The van der Waals surface area contributed by atoms with Crippen molar-refractivity contribution in [3.8, 4) is 0 Å². The SMILES string of the molecule is CNc1ncc(C(=O)NCC2CCC([C@H](NC(C)=O)c3ccccn3)CC2)cn1. The zero-order valence-electron chi connectivity index (χ0n) is 16.9. The second-order valence-corrected chi connectivity index (χ2v) is 7.47. The summed E-state index contributed by atoms with van der Waals surface area (Å²) in [4.78, 5) is 36.6. The number of carbonyl (C=O) groups excluding carboxylic acids is 2. The summed E-state index contributed by atoms with van der Waals surface area (Å²) in [6.07, 6.45) is 8.79. The van der Waals surface area contributed by atoms with Gasteiger partial charge in [0.25, 0.3) is 5.91 Å². The average Bonchev–Trinajstić information content (AvgIpc) is 2.77. The van der Waals surface area contributed by atoms with Crippen LogP contribution in [0.15, 0.2) is 36.8 Å². The maximum absolute atomic E-state index is 12.3. The monoisotopic (exact) mass is 396 g/mol. The number of nitrogens with zero attached hydrogens (tertiary/aromatic N) is 3. The normalized spacial score (nSPS) is 19.8. The van der Waals surface area contributed by atoms with Gasteiger partial charge in [0.05, 0.1) is 17.3 Å². The fraction of sp³-hybridized carbons (Fsp3) is 0.476. The Hall–Kier alpha value is -3.03. The molecule has 2 aromatic rings. The van der Waals surface area contributed by atoms with Crippen LogP contribution in [0.25, 0.3) is 0 Å². The molecule has 1 atom stereocenters. The van der Waals surface area contributed by atoms with Crippen molar-refractivity contribution >= 4 is 17.8 Å². The minimum absolute atomic E-state index is 0.0402. The molecular weight excluding hydrogens is 368 g/mol. The van der Waals surface area contributed by atoms with E-state index < -0.39 is 0 Å². The topological polar surface area (TPSA) is 109 Å². The van der Waals surface area contributed by atoms with E-state index in [1.165, 1.54) is 12.4 Å². The van der Waals surface area contributed by atoms with Gasteiger partial charge >= 0.3 is 0 Å². The molecule has 0 aliphatic heterocycles. The van der Waals surface area contributed by atoms with Crippen LogP contribution in [0.5, 0.6) is 0 Å². The molecule has 3 rings (SSSR count). The zero-order chi connectivity index (χ0) is 20.6. The maximum atomic E-state index is 12.3. The van der Waals surface area contributed by atoms with Crippen LogP contribution in [0.2, 0.25) is 0 Å². The van der Waals surface area contributed by atoms with Gasteiger partial charge in [0.2, 0.25) is 11.9 Å². The molecule has 2 heterocycles. The molecule has 0 aromatic carbocycles. The van der Waals surface area contributed by atoms with Gasteiger partial charge in [0, 0.05) is 39.1 Å². The molecule has 0 saturated heterocycles. The Bertz CT molecular complexity index is 804. The number of amides is 2. The number of carbonyl (C=O) groups is 2. The summed E-state index contributed by atoms with van der Waals surface area (Å²) in [5.41, 5.74) is 1.36. The summed E-state index contributed by atoms with van der Waals surface area (Å²) in [6.45, 7) is 2.18. The van der Waals surface area contributed by atoms with Gasteiger partial charge in [0.15, 0.2) is 0 Å². The molecule has 154 valence electrons. The summed E-state index contributed by atoms with van der Waals surface area (Å²) in [5.74, 6) is 1.07. The van der Waals surface area contributed by atoms with Crippen molar-refractivity contribution in [2.24, 2.45) is 11.8 Å². The minimum atomic E-state index is -0.153. The van der Waals surface area contributed by atoms with Gasteiger partial charge in [-0.15, -0.1) is 0 Å². The molecule has 3 N–H and O–H groups in total. The van der Waals surface area contributed by atoms with Crippen LogP contribution in [0.3, 0.4) is 0 Å². The molecule has 0 unspecified atom stereocenters. The van der Waals surface area contributed by atoms with Gasteiger partial charge in [-0.05, 0) is 49.7 Å². The molecule has 2 amide bonds. The van der Waals surface area contributed by atoms with E-state index in [1.54, 1.807) is 20.2 Å². The standard InChI is InChI=1S/C21H28N6O2/c1-14(28)27-19(18-5-3-4-10-23-18)16-8-6-15(7-9-16)11-24-20(29)17-12-25-21(22-2)26-13-17/h3-5,10,12-13,15-16,19H,6-9,11H2,1-2H3,(H,24,29)(H,27,28)(H,22,25,26)/t15?,16?,19-/m0/s1. The van der Waals surface area contributed by atoms with Gasteiger partial charge in [-0.25, -0.2) is 9.97 Å². The van der Waals surface area contributed by atoms with Crippen molar-refractivity contribution in [3.63, 3.8) is 0 Å². The average molecular weight is 396 g/mol. The number of aromatic nitrogens is 3. The fourth-order valence-corrected chi connectivity index (χ4v) is 3.85. The van der Waals surface area contributed by atoms with Crippen LogP contribution in [0.4, 0.5) is 5.95 Å². The van der Waals surface area contributed by atoms with Crippen molar-refractivity contribution in [3.05, 3.63) is 48.0 Å². The molecule has 1 saturated carbocycles. The van der Waals surface area contributed by atoms with Gasteiger partial charge in [0.1, 0.15) is 0 Å². The highest BCUT2D eigenvalue weighted by Gasteiger charge is 2.30. The number of rotatable bonds is 7. The highest BCUT2D eigenvalue weighted by Crippen LogP contribution is 2.36. The molecule has 1 fully saturated rings. The fourth-order valence-electron chi connectivity index (χ4n) is 3.85. The third-order valence-electron chi connectivity index (χ3n) is 5.42. The number of nitrogens with one attached hydrogen (secondary N) is 3. The molecule has 1 aliphatic rings.